The Hall–Kier alpha value is -1.35. The summed E-state index contributed by atoms with van der Waals surface area (Å²) in [4.78, 5) is 11.8. The second-order valence-corrected chi connectivity index (χ2v) is 4.78. The van der Waals surface area contributed by atoms with E-state index >= 15 is 0 Å². The summed E-state index contributed by atoms with van der Waals surface area (Å²) >= 11 is 0. The molecule has 3 nitrogen and oxygen atoms in total. The lowest BCUT2D eigenvalue weighted by atomic mass is 10.1. The summed E-state index contributed by atoms with van der Waals surface area (Å²) in [6.45, 7) is 4.47. The van der Waals surface area contributed by atoms with Gasteiger partial charge in [0, 0.05) is 13.1 Å². The minimum Gasteiger partial charge on any atom is -0.462 e. The lowest BCUT2D eigenvalue weighted by molar-refractivity contribution is 0.0497. The van der Waals surface area contributed by atoms with Gasteiger partial charge >= 0.3 is 5.97 Å². The van der Waals surface area contributed by atoms with Crippen LogP contribution in [-0.4, -0.2) is 12.6 Å². The second kappa shape index (κ2) is 6.55. The number of carbonyl (C=O) groups excluding carboxylic acids is 1. The predicted molar refractivity (Wildman–Crippen MR) is 71.4 cm³/mol. The van der Waals surface area contributed by atoms with Crippen LogP contribution < -0.4 is 5.32 Å². The minimum absolute atomic E-state index is 0.193. The Morgan fingerprint density at radius 2 is 2.06 bits per heavy atom. The second-order valence-electron chi connectivity index (χ2n) is 4.78. The molecule has 2 rings (SSSR count). The molecule has 98 valence electrons. The minimum atomic E-state index is -0.193. The maximum atomic E-state index is 11.8. The van der Waals surface area contributed by atoms with E-state index in [4.69, 9.17) is 4.74 Å². The Bertz CT molecular complexity index is 415. The Morgan fingerprint density at radius 1 is 1.22 bits per heavy atom. The zero-order valence-corrected chi connectivity index (χ0v) is 11.0. The number of benzene rings is 1. The molecule has 1 aromatic carbocycles. The average molecular weight is 247 g/mol. The number of hydrogen-bond acceptors (Lipinski definition) is 3. The molecule has 0 radical (unpaired) electrons. The Kier molecular flexibility index (Phi) is 4.76. The summed E-state index contributed by atoms with van der Waals surface area (Å²) in [5.41, 5.74) is 3.18. The van der Waals surface area contributed by atoms with Crippen molar-refractivity contribution in [1.29, 1.82) is 0 Å². The number of unbranched alkanes of at least 4 members (excludes halogenated alkanes) is 3. The van der Waals surface area contributed by atoms with Gasteiger partial charge in [-0.15, -0.1) is 0 Å². The first kappa shape index (κ1) is 13.1. The van der Waals surface area contributed by atoms with Crippen LogP contribution in [0.25, 0.3) is 0 Å². The maximum absolute atomic E-state index is 11.8. The molecule has 0 spiro atoms. The molecular formula is C15H21NO2. The van der Waals surface area contributed by atoms with Crippen LogP contribution in [-0.2, 0) is 17.8 Å². The van der Waals surface area contributed by atoms with Crippen molar-refractivity contribution in [2.24, 2.45) is 0 Å². The number of nitrogens with one attached hydrogen (secondary N) is 1. The van der Waals surface area contributed by atoms with Gasteiger partial charge in [0.05, 0.1) is 12.2 Å². The molecule has 1 heterocycles. The van der Waals surface area contributed by atoms with Crippen molar-refractivity contribution in [1.82, 2.24) is 5.32 Å². The molecule has 1 aliphatic heterocycles. The van der Waals surface area contributed by atoms with Crippen LogP contribution in [0.3, 0.4) is 0 Å². The Balaban J connectivity index is 1.82. The summed E-state index contributed by atoms with van der Waals surface area (Å²) in [6, 6.07) is 5.83. The van der Waals surface area contributed by atoms with Gasteiger partial charge in [-0.3, -0.25) is 0 Å². The number of hydrogen-bond donors (Lipinski definition) is 1. The average Bonchev–Trinajstić information content (AvgIpc) is 2.85. The highest BCUT2D eigenvalue weighted by molar-refractivity contribution is 5.89. The normalized spacial score (nSPS) is 13.4. The number of ether oxygens (including phenoxy) is 1. The fourth-order valence-electron chi connectivity index (χ4n) is 2.20. The van der Waals surface area contributed by atoms with Gasteiger partial charge in [-0.25, -0.2) is 4.79 Å². The van der Waals surface area contributed by atoms with Crippen molar-refractivity contribution in [2.75, 3.05) is 6.61 Å². The van der Waals surface area contributed by atoms with Crippen LogP contribution >= 0.6 is 0 Å². The van der Waals surface area contributed by atoms with Crippen molar-refractivity contribution in [2.45, 2.75) is 45.7 Å². The molecule has 0 saturated carbocycles. The van der Waals surface area contributed by atoms with Crippen molar-refractivity contribution >= 4 is 5.97 Å². The third-order valence-corrected chi connectivity index (χ3v) is 3.30. The van der Waals surface area contributed by atoms with Crippen molar-refractivity contribution in [3.8, 4) is 0 Å². The first-order valence-electron chi connectivity index (χ1n) is 6.81. The van der Waals surface area contributed by atoms with Crippen molar-refractivity contribution < 1.29 is 9.53 Å². The molecule has 0 aliphatic carbocycles. The third-order valence-electron chi connectivity index (χ3n) is 3.30. The van der Waals surface area contributed by atoms with Gasteiger partial charge in [-0.1, -0.05) is 32.3 Å². The zero-order valence-electron chi connectivity index (χ0n) is 11.0. The topological polar surface area (TPSA) is 38.3 Å². The molecule has 0 bridgehead atoms. The smallest absolute Gasteiger partial charge is 0.338 e. The summed E-state index contributed by atoms with van der Waals surface area (Å²) in [5, 5.41) is 3.27. The maximum Gasteiger partial charge on any atom is 0.338 e. The molecule has 18 heavy (non-hydrogen) atoms. The fourth-order valence-corrected chi connectivity index (χ4v) is 2.20. The third kappa shape index (κ3) is 3.33. The van der Waals surface area contributed by atoms with E-state index in [1.54, 1.807) is 0 Å². The highest BCUT2D eigenvalue weighted by atomic mass is 16.5. The molecule has 1 N–H and O–H groups in total. The molecule has 0 amide bonds. The van der Waals surface area contributed by atoms with Crippen LogP contribution in [0.4, 0.5) is 0 Å². The van der Waals surface area contributed by atoms with Crippen LogP contribution in [0.2, 0.25) is 0 Å². The SMILES string of the molecule is CCCCCCOC(=O)c1ccc2c(c1)CNC2. The molecule has 1 aromatic rings. The van der Waals surface area contributed by atoms with Gasteiger partial charge in [0.1, 0.15) is 0 Å². The highest BCUT2D eigenvalue weighted by Crippen LogP contribution is 2.17. The van der Waals surface area contributed by atoms with Gasteiger partial charge in [0.15, 0.2) is 0 Å². The van der Waals surface area contributed by atoms with Gasteiger partial charge < -0.3 is 10.1 Å². The van der Waals surface area contributed by atoms with Gasteiger partial charge in [-0.2, -0.15) is 0 Å². The fraction of sp³-hybridized carbons (Fsp3) is 0.533. The summed E-state index contributed by atoms with van der Waals surface area (Å²) < 4.78 is 5.28. The van der Waals surface area contributed by atoms with E-state index in [1.165, 1.54) is 24.0 Å². The van der Waals surface area contributed by atoms with E-state index in [-0.39, 0.29) is 5.97 Å². The number of rotatable bonds is 6. The zero-order chi connectivity index (χ0) is 12.8. The molecular weight excluding hydrogens is 226 g/mol. The van der Waals surface area contributed by atoms with Crippen LogP contribution in [0, 0.1) is 0 Å². The van der Waals surface area contributed by atoms with Crippen molar-refractivity contribution in [3.63, 3.8) is 0 Å². The largest absolute Gasteiger partial charge is 0.462 e. The van der Waals surface area contributed by atoms with E-state index in [9.17, 15) is 4.79 Å². The molecule has 0 unspecified atom stereocenters. The van der Waals surface area contributed by atoms with Gasteiger partial charge in [-0.05, 0) is 29.7 Å². The Morgan fingerprint density at radius 3 is 2.89 bits per heavy atom. The van der Waals surface area contributed by atoms with Crippen LogP contribution in [0.1, 0.15) is 54.1 Å². The quantitative estimate of drug-likeness (QED) is 0.620. The first-order chi connectivity index (χ1) is 8.81. The first-order valence-corrected chi connectivity index (χ1v) is 6.81. The molecule has 3 heteroatoms. The standard InChI is InChI=1S/C15H21NO2/c1-2-3-4-5-8-18-15(17)12-6-7-13-10-16-11-14(13)9-12/h6-7,9,16H,2-5,8,10-11H2,1H3. The summed E-state index contributed by atoms with van der Waals surface area (Å²) in [7, 11) is 0. The number of carbonyl (C=O) groups is 1. The van der Waals surface area contributed by atoms with Crippen LogP contribution in [0.5, 0.6) is 0 Å². The monoisotopic (exact) mass is 247 g/mol. The van der Waals surface area contributed by atoms with Crippen molar-refractivity contribution in [3.05, 3.63) is 34.9 Å². The van der Waals surface area contributed by atoms with E-state index in [0.717, 1.165) is 25.9 Å². The van der Waals surface area contributed by atoms with Gasteiger partial charge in [0.25, 0.3) is 0 Å². The highest BCUT2D eigenvalue weighted by Gasteiger charge is 2.13. The summed E-state index contributed by atoms with van der Waals surface area (Å²) in [6.07, 6.45) is 4.51. The lowest BCUT2D eigenvalue weighted by Gasteiger charge is -2.06. The molecule has 0 fully saturated rings. The predicted octanol–water partition coefficient (Wildman–Crippen LogP) is 3.03. The molecule has 0 saturated heterocycles. The van der Waals surface area contributed by atoms with E-state index in [0.29, 0.717) is 12.2 Å². The molecule has 0 atom stereocenters. The molecule has 0 aromatic heterocycles. The van der Waals surface area contributed by atoms with E-state index < -0.39 is 0 Å². The number of esters is 1. The van der Waals surface area contributed by atoms with E-state index in [1.807, 2.05) is 18.2 Å². The lowest BCUT2D eigenvalue weighted by Crippen LogP contribution is -2.07. The van der Waals surface area contributed by atoms with Crippen LogP contribution in [0.15, 0.2) is 18.2 Å². The van der Waals surface area contributed by atoms with E-state index in [2.05, 4.69) is 12.2 Å². The number of fused-ring (bicyclic) bond motifs is 1. The Labute approximate surface area is 109 Å². The molecule has 1 aliphatic rings. The van der Waals surface area contributed by atoms with Gasteiger partial charge in [0.2, 0.25) is 0 Å². The summed E-state index contributed by atoms with van der Waals surface area (Å²) in [5.74, 6) is -0.193.